The predicted octanol–water partition coefficient (Wildman–Crippen LogP) is 5.84. The number of unbranched alkanes of at least 4 members (excludes halogenated alkanes) is 3. The molecule has 1 fully saturated rings. The van der Waals surface area contributed by atoms with E-state index in [2.05, 4.69) is 13.8 Å². The fourth-order valence-electron chi connectivity index (χ4n) is 3.54. The number of aryl methyl sites for hydroxylation is 1. The van der Waals surface area contributed by atoms with Gasteiger partial charge < -0.3 is 9.29 Å². The van der Waals surface area contributed by atoms with E-state index in [4.69, 9.17) is 4.74 Å². The van der Waals surface area contributed by atoms with Crippen LogP contribution >= 0.6 is 0 Å². The van der Waals surface area contributed by atoms with Crippen LogP contribution in [0.1, 0.15) is 83.6 Å². The predicted molar refractivity (Wildman–Crippen MR) is 128 cm³/mol. The summed E-state index contributed by atoms with van der Waals surface area (Å²) in [6.45, 7) is 7.49. The van der Waals surface area contributed by atoms with Crippen molar-refractivity contribution in [3.63, 3.8) is 0 Å². The van der Waals surface area contributed by atoms with Crippen molar-refractivity contribution in [3.8, 4) is 0 Å². The minimum atomic E-state index is -4.27. The molecule has 1 aliphatic heterocycles. The topological polar surface area (TPSA) is 66.4 Å². The van der Waals surface area contributed by atoms with Crippen LogP contribution in [0.3, 0.4) is 0 Å². The van der Waals surface area contributed by atoms with Crippen LogP contribution in [0.25, 0.3) is 0 Å². The summed E-state index contributed by atoms with van der Waals surface area (Å²) in [6, 6.07) is 5.78. The van der Waals surface area contributed by atoms with Gasteiger partial charge in [-0.15, -0.1) is 0 Å². The van der Waals surface area contributed by atoms with Crippen LogP contribution in [0.4, 0.5) is 0 Å². The monoisotopic (exact) mass is 458 g/mol. The Balaban J connectivity index is 0.000000346. The number of hydrogen-bond donors (Lipinski definition) is 0. The summed E-state index contributed by atoms with van der Waals surface area (Å²) in [7, 11) is -3.53. The van der Waals surface area contributed by atoms with Gasteiger partial charge in [0, 0.05) is 6.61 Å². The van der Waals surface area contributed by atoms with E-state index in [9.17, 15) is 13.0 Å². The van der Waals surface area contributed by atoms with Crippen LogP contribution in [-0.4, -0.2) is 42.9 Å². The van der Waals surface area contributed by atoms with Crippen LogP contribution in [0.5, 0.6) is 0 Å². The molecule has 2 atom stereocenters. The second-order valence-corrected chi connectivity index (χ2v) is 12.0. The van der Waals surface area contributed by atoms with Crippen molar-refractivity contribution in [1.82, 2.24) is 0 Å². The summed E-state index contributed by atoms with van der Waals surface area (Å²) < 4.78 is 37.0. The molecule has 6 heteroatoms. The van der Waals surface area contributed by atoms with Crippen molar-refractivity contribution in [1.29, 1.82) is 0 Å². The van der Waals surface area contributed by atoms with Crippen molar-refractivity contribution in [3.05, 3.63) is 29.8 Å². The summed E-state index contributed by atoms with van der Waals surface area (Å²) in [5, 5.41) is 0. The lowest BCUT2D eigenvalue weighted by atomic mass is 10.0. The lowest BCUT2D eigenvalue weighted by Crippen LogP contribution is -2.19. The Morgan fingerprint density at radius 2 is 1.67 bits per heavy atom. The zero-order valence-corrected chi connectivity index (χ0v) is 20.9. The normalized spacial score (nSPS) is 17.8. The minimum absolute atomic E-state index is 0.178. The maximum absolute atomic E-state index is 10.4. The van der Waals surface area contributed by atoms with Gasteiger partial charge in [0.2, 0.25) is 0 Å². The Labute approximate surface area is 188 Å². The standard InChI is InChI=1S/C17H35OS.C7H8O3S/c1-3-5-15-19(14-4-2)16-10-6-7-11-17-12-8-9-13-18-17;1-6-2-4-7(5-3-6)11(8,9)10/h17H,3-16H2,1-2H3;2-5H,1H3,(H,8,9,10)/q+1;/p-1. The maximum atomic E-state index is 10.4. The fourth-order valence-corrected chi connectivity index (χ4v) is 6.51. The second kappa shape index (κ2) is 16.1. The Hall–Kier alpha value is -0.560. The van der Waals surface area contributed by atoms with E-state index in [-0.39, 0.29) is 4.90 Å². The molecule has 0 saturated carbocycles. The lowest BCUT2D eigenvalue weighted by molar-refractivity contribution is 0.00985. The molecule has 30 heavy (non-hydrogen) atoms. The number of ether oxygens (including phenoxy) is 1. The molecule has 0 aliphatic carbocycles. The first-order chi connectivity index (χ1) is 14.4. The van der Waals surface area contributed by atoms with Gasteiger partial charge in [0.1, 0.15) is 27.4 Å². The molecule has 1 aromatic rings. The average molecular weight is 459 g/mol. The highest BCUT2D eigenvalue weighted by Crippen LogP contribution is 2.18. The first kappa shape index (κ1) is 27.5. The van der Waals surface area contributed by atoms with Gasteiger partial charge in [-0.25, -0.2) is 8.42 Å². The molecule has 1 aliphatic rings. The molecule has 1 heterocycles. The van der Waals surface area contributed by atoms with Gasteiger partial charge in [0.05, 0.1) is 11.0 Å². The van der Waals surface area contributed by atoms with Crippen molar-refractivity contribution in [2.45, 2.75) is 96.0 Å². The minimum Gasteiger partial charge on any atom is -0.744 e. The molecule has 0 spiro atoms. The molecule has 0 N–H and O–H groups in total. The molecule has 4 nitrogen and oxygen atoms in total. The van der Waals surface area contributed by atoms with Gasteiger partial charge in [-0.1, -0.05) is 44.4 Å². The first-order valence-corrected chi connectivity index (χ1v) is 14.8. The summed E-state index contributed by atoms with van der Waals surface area (Å²) in [6.07, 6.45) is 14.4. The fraction of sp³-hybridized carbons (Fsp3) is 0.750. The summed E-state index contributed by atoms with van der Waals surface area (Å²) >= 11 is 0. The van der Waals surface area contributed by atoms with Gasteiger partial charge in [-0.2, -0.15) is 0 Å². The van der Waals surface area contributed by atoms with Crippen molar-refractivity contribution < 1.29 is 17.7 Å². The number of rotatable bonds is 12. The average Bonchev–Trinajstić information content (AvgIpc) is 2.72. The van der Waals surface area contributed by atoms with Crippen molar-refractivity contribution in [2.24, 2.45) is 0 Å². The van der Waals surface area contributed by atoms with E-state index < -0.39 is 10.1 Å². The van der Waals surface area contributed by atoms with E-state index in [1.807, 2.05) is 6.92 Å². The largest absolute Gasteiger partial charge is 0.744 e. The third kappa shape index (κ3) is 13.0. The highest BCUT2D eigenvalue weighted by atomic mass is 32.2. The highest BCUT2D eigenvalue weighted by molar-refractivity contribution is 7.96. The third-order valence-corrected chi connectivity index (χ3v) is 8.89. The van der Waals surface area contributed by atoms with E-state index in [0.29, 0.717) is 6.10 Å². The molecular formula is C24H42O4S2. The zero-order chi connectivity index (χ0) is 22.2. The van der Waals surface area contributed by atoms with Crippen molar-refractivity contribution >= 4 is 21.0 Å². The van der Waals surface area contributed by atoms with E-state index in [1.165, 1.54) is 93.6 Å². The van der Waals surface area contributed by atoms with Gasteiger partial charge >= 0.3 is 0 Å². The number of benzene rings is 1. The SMILES string of the molecule is CCCC[S+](CCC)CCCCCC1CCCCO1.Cc1ccc(S(=O)(=O)[O-])cc1. The summed E-state index contributed by atoms with van der Waals surface area (Å²) in [5.41, 5.74) is 0.928. The Morgan fingerprint density at radius 1 is 0.967 bits per heavy atom. The van der Waals surface area contributed by atoms with Crippen LogP contribution < -0.4 is 0 Å². The highest BCUT2D eigenvalue weighted by Gasteiger charge is 2.16. The van der Waals surface area contributed by atoms with Gasteiger partial charge in [-0.05, 0) is 81.3 Å². The molecule has 2 unspecified atom stereocenters. The maximum Gasteiger partial charge on any atom is 0.124 e. The third-order valence-electron chi connectivity index (χ3n) is 5.32. The van der Waals surface area contributed by atoms with Crippen LogP contribution in [0, 0.1) is 6.92 Å². The lowest BCUT2D eigenvalue weighted by Gasteiger charge is -2.22. The Kier molecular flexibility index (Phi) is 14.8. The van der Waals surface area contributed by atoms with E-state index >= 15 is 0 Å². The summed E-state index contributed by atoms with van der Waals surface area (Å²) in [4.78, 5) is -0.178. The van der Waals surface area contributed by atoms with Crippen LogP contribution in [0.15, 0.2) is 29.2 Å². The number of hydrogen-bond acceptors (Lipinski definition) is 4. The molecule has 0 amide bonds. The zero-order valence-electron chi connectivity index (χ0n) is 19.2. The molecule has 0 aromatic heterocycles. The molecule has 1 aromatic carbocycles. The van der Waals surface area contributed by atoms with Crippen LogP contribution in [-0.2, 0) is 25.7 Å². The summed E-state index contributed by atoms with van der Waals surface area (Å²) in [5.74, 6) is 4.47. The molecule has 0 bridgehead atoms. The molecule has 174 valence electrons. The molecule has 1 saturated heterocycles. The van der Waals surface area contributed by atoms with Gasteiger partial charge in [0.25, 0.3) is 0 Å². The Bertz CT molecular complexity index is 638. The molecule has 2 rings (SSSR count). The molecule has 0 radical (unpaired) electrons. The first-order valence-electron chi connectivity index (χ1n) is 11.6. The quantitative estimate of drug-likeness (QED) is 0.224. The van der Waals surface area contributed by atoms with Gasteiger partial charge in [0.15, 0.2) is 0 Å². The van der Waals surface area contributed by atoms with Crippen molar-refractivity contribution in [2.75, 3.05) is 23.9 Å². The smallest absolute Gasteiger partial charge is 0.124 e. The Morgan fingerprint density at radius 3 is 2.23 bits per heavy atom. The van der Waals surface area contributed by atoms with E-state index in [1.54, 1.807) is 12.1 Å². The van der Waals surface area contributed by atoms with Gasteiger partial charge in [-0.3, -0.25) is 0 Å². The molecular weight excluding hydrogens is 416 g/mol. The van der Waals surface area contributed by atoms with E-state index in [0.717, 1.165) is 23.1 Å². The second-order valence-electron chi connectivity index (χ2n) is 8.18. The van der Waals surface area contributed by atoms with Crippen LogP contribution in [0.2, 0.25) is 0 Å².